The van der Waals surface area contributed by atoms with Gasteiger partial charge in [-0.1, -0.05) is 42.5 Å². The van der Waals surface area contributed by atoms with Gasteiger partial charge in [-0.25, -0.2) is 9.97 Å². The number of pyridine rings is 1. The minimum absolute atomic E-state index is 0.499. The number of hydrogen-bond donors (Lipinski definition) is 2. The van der Waals surface area contributed by atoms with Crippen molar-refractivity contribution in [2.75, 3.05) is 22.5 Å². The molecular weight excluding hydrogens is 396 g/mol. The summed E-state index contributed by atoms with van der Waals surface area (Å²) >= 11 is 0. The quantitative estimate of drug-likeness (QED) is 0.365. The van der Waals surface area contributed by atoms with E-state index in [-0.39, 0.29) is 0 Å². The van der Waals surface area contributed by atoms with Crippen LogP contribution in [-0.2, 0) is 0 Å². The Morgan fingerprint density at radius 1 is 0.875 bits per heavy atom. The van der Waals surface area contributed by atoms with E-state index in [9.17, 15) is 0 Å². The zero-order chi connectivity index (χ0) is 22.1. The molecule has 0 aliphatic rings. The van der Waals surface area contributed by atoms with Crippen LogP contribution in [0.1, 0.15) is 12.6 Å². The summed E-state index contributed by atoms with van der Waals surface area (Å²) in [6.07, 6.45) is 1.55. The molecule has 0 saturated heterocycles. The van der Waals surface area contributed by atoms with Crippen LogP contribution in [0.4, 0.5) is 28.7 Å². The maximum Gasteiger partial charge on any atom is 0.161 e. The molecule has 0 unspecified atom stereocenters. The monoisotopic (exact) mass is 420 g/mol. The molecule has 0 aliphatic heterocycles. The maximum atomic E-state index is 6.61. The van der Waals surface area contributed by atoms with Crippen LogP contribution in [0.3, 0.4) is 0 Å². The van der Waals surface area contributed by atoms with Crippen molar-refractivity contribution in [1.82, 2.24) is 15.0 Å². The summed E-state index contributed by atoms with van der Waals surface area (Å²) in [5.41, 5.74) is 11.0. The van der Waals surface area contributed by atoms with E-state index in [1.807, 2.05) is 43.3 Å². The highest BCUT2D eigenvalue weighted by molar-refractivity contribution is 5.98. The SMILES string of the molecule is CCN(c1ncnc(Nc2cccc3nc(C)ccc23)c1N)c1cccc2ccccc12. The standard InChI is InChI=1S/C26H24N6/c1-3-32(23-13-6-9-18-8-4-5-10-19(18)23)26-24(27)25(28-16-29-26)31-22-12-7-11-21-20(22)15-14-17(2)30-21/h4-16H,3,27H2,1-2H3,(H,28,29,31). The summed E-state index contributed by atoms with van der Waals surface area (Å²) in [5, 5.41) is 6.74. The lowest BCUT2D eigenvalue weighted by molar-refractivity contribution is 0.985. The van der Waals surface area contributed by atoms with E-state index in [2.05, 4.69) is 68.5 Å². The van der Waals surface area contributed by atoms with E-state index in [4.69, 9.17) is 5.73 Å². The highest BCUT2D eigenvalue weighted by Crippen LogP contribution is 2.37. The van der Waals surface area contributed by atoms with E-state index in [0.29, 0.717) is 23.9 Å². The summed E-state index contributed by atoms with van der Waals surface area (Å²) in [5.74, 6) is 1.25. The molecule has 2 aromatic heterocycles. The first kappa shape index (κ1) is 19.8. The Labute approximate surface area is 186 Å². The molecule has 32 heavy (non-hydrogen) atoms. The van der Waals surface area contributed by atoms with E-state index in [1.165, 1.54) is 5.39 Å². The van der Waals surface area contributed by atoms with Gasteiger partial charge in [-0.15, -0.1) is 0 Å². The van der Waals surface area contributed by atoms with E-state index in [0.717, 1.165) is 33.4 Å². The first-order chi connectivity index (χ1) is 15.7. The van der Waals surface area contributed by atoms with Gasteiger partial charge in [0.1, 0.15) is 12.0 Å². The first-order valence-electron chi connectivity index (χ1n) is 10.6. The number of anilines is 5. The van der Waals surface area contributed by atoms with Gasteiger partial charge in [0.15, 0.2) is 11.6 Å². The van der Waals surface area contributed by atoms with Crippen molar-refractivity contribution in [3.8, 4) is 0 Å². The van der Waals surface area contributed by atoms with Crippen molar-refractivity contribution in [2.45, 2.75) is 13.8 Å². The fourth-order valence-corrected chi connectivity index (χ4v) is 4.07. The summed E-state index contributed by atoms with van der Waals surface area (Å²) in [6.45, 7) is 4.79. The summed E-state index contributed by atoms with van der Waals surface area (Å²) in [7, 11) is 0. The molecule has 0 amide bonds. The highest BCUT2D eigenvalue weighted by Gasteiger charge is 2.18. The Kier molecular flexibility index (Phi) is 5.03. The van der Waals surface area contributed by atoms with Crippen molar-refractivity contribution in [1.29, 1.82) is 0 Å². The van der Waals surface area contributed by atoms with E-state index >= 15 is 0 Å². The molecule has 0 spiro atoms. The van der Waals surface area contributed by atoms with Crippen LogP contribution in [0.25, 0.3) is 21.7 Å². The van der Waals surface area contributed by atoms with Crippen molar-refractivity contribution in [2.24, 2.45) is 0 Å². The lowest BCUT2D eigenvalue weighted by Crippen LogP contribution is -2.20. The van der Waals surface area contributed by atoms with E-state index < -0.39 is 0 Å². The number of aromatic nitrogens is 3. The smallest absolute Gasteiger partial charge is 0.161 e. The number of nitrogens with zero attached hydrogens (tertiary/aromatic N) is 4. The van der Waals surface area contributed by atoms with E-state index in [1.54, 1.807) is 6.33 Å². The van der Waals surface area contributed by atoms with Gasteiger partial charge in [-0.3, -0.25) is 4.98 Å². The lowest BCUT2D eigenvalue weighted by Gasteiger charge is -2.25. The van der Waals surface area contributed by atoms with Crippen LogP contribution in [0.2, 0.25) is 0 Å². The minimum Gasteiger partial charge on any atom is -0.393 e. The zero-order valence-electron chi connectivity index (χ0n) is 18.1. The fraction of sp³-hybridized carbons (Fsp3) is 0.115. The Morgan fingerprint density at radius 2 is 1.69 bits per heavy atom. The second-order valence-electron chi connectivity index (χ2n) is 7.65. The molecule has 6 nitrogen and oxygen atoms in total. The number of nitrogens with one attached hydrogen (secondary N) is 1. The van der Waals surface area contributed by atoms with Crippen LogP contribution < -0.4 is 16.0 Å². The Hall–Kier alpha value is -4.19. The minimum atomic E-state index is 0.499. The molecule has 5 rings (SSSR count). The van der Waals surface area contributed by atoms with Crippen molar-refractivity contribution >= 4 is 50.4 Å². The predicted molar refractivity (Wildman–Crippen MR) is 133 cm³/mol. The van der Waals surface area contributed by atoms with Gasteiger partial charge >= 0.3 is 0 Å². The average Bonchev–Trinajstić information content (AvgIpc) is 2.82. The molecule has 3 N–H and O–H groups in total. The summed E-state index contributed by atoms with van der Waals surface area (Å²) in [4.78, 5) is 15.7. The van der Waals surface area contributed by atoms with Gasteiger partial charge in [-0.05, 0) is 49.6 Å². The topological polar surface area (TPSA) is 80.0 Å². The molecule has 0 aliphatic carbocycles. The number of rotatable bonds is 5. The van der Waals surface area contributed by atoms with Gasteiger partial charge in [-0.2, -0.15) is 0 Å². The lowest BCUT2D eigenvalue weighted by atomic mass is 10.1. The van der Waals surface area contributed by atoms with Crippen LogP contribution in [0.15, 0.2) is 79.1 Å². The van der Waals surface area contributed by atoms with Gasteiger partial charge in [0, 0.05) is 28.7 Å². The number of nitrogen functional groups attached to an aromatic ring is 1. The van der Waals surface area contributed by atoms with Crippen molar-refractivity contribution in [3.05, 3.63) is 84.8 Å². The van der Waals surface area contributed by atoms with Gasteiger partial charge < -0.3 is 16.0 Å². The largest absolute Gasteiger partial charge is 0.393 e. The second kappa shape index (κ2) is 8.15. The van der Waals surface area contributed by atoms with Gasteiger partial charge in [0.05, 0.1) is 11.2 Å². The van der Waals surface area contributed by atoms with Crippen LogP contribution in [0, 0.1) is 6.92 Å². The molecule has 0 saturated carbocycles. The number of benzene rings is 3. The fourth-order valence-electron chi connectivity index (χ4n) is 4.07. The molecule has 3 aromatic carbocycles. The molecule has 6 heteroatoms. The third-order valence-electron chi connectivity index (χ3n) is 5.62. The normalized spacial score (nSPS) is 11.1. The number of nitrogens with two attached hydrogens (primary N) is 1. The Bertz CT molecular complexity index is 1420. The number of hydrogen-bond acceptors (Lipinski definition) is 6. The third kappa shape index (κ3) is 3.46. The molecule has 158 valence electrons. The Balaban J connectivity index is 1.58. The molecule has 0 radical (unpaired) electrons. The summed E-state index contributed by atoms with van der Waals surface area (Å²) in [6, 6.07) is 24.6. The third-order valence-corrected chi connectivity index (χ3v) is 5.62. The average molecular weight is 421 g/mol. The molecule has 0 fully saturated rings. The molecule has 0 bridgehead atoms. The molecular formula is C26H24N6. The predicted octanol–water partition coefficient (Wildman–Crippen LogP) is 5.97. The number of aryl methyl sites for hydroxylation is 1. The van der Waals surface area contributed by atoms with Crippen LogP contribution in [0.5, 0.6) is 0 Å². The molecule has 5 aromatic rings. The summed E-state index contributed by atoms with van der Waals surface area (Å²) < 4.78 is 0. The maximum absolute atomic E-state index is 6.61. The Morgan fingerprint density at radius 3 is 2.56 bits per heavy atom. The van der Waals surface area contributed by atoms with Crippen molar-refractivity contribution in [3.63, 3.8) is 0 Å². The first-order valence-corrected chi connectivity index (χ1v) is 10.6. The van der Waals surface area contributed by atoms with Crippen LogP contribution >= 0.6 is 0 Å². The zero-order valence-corrected chi connectivity index (χ0v) is 18.1. The van der Waals surface area contributed by atoms with Crippen molar-refractivity contribution < 1.29 is 0 Å². The molecule has 2 heterocycles. The van der Waals surface area contributed by atoms with Crippen LogP contribution in [-0.4, -0.2) is 21.5 Å². The highest BCUT2D eigenvalue weighted by atomic mass is 15.2. The molecule has 0 atom stereocenters. The van der Waals surface area contributed by atoms with Gasteiger partial charge in [0.25, 0.3) is 0 Å². The van der Waals surface area contributed by atoms with Gasteiger partial charge in [0.2, 0.25) is 0 Å². The number of fused-ring (bicyclic) bond motifs is 2. The second-order valence-corrected chi connectivity index (χ2v) is 7.65.